The number of aromatic nitrogens is 1. The van der Waals surface area contributed by atoms with Gasteiger partial charge in [-0.25, -0.2) is 0 Å². The van der Waals surface area contributed by atoms with Gasteiger partial charge in [0.25, 0.3) is 0 Å². The van der Waals surface area contributed by atoms with Crippen molar-refractivity contribution in [1.82, 2.24) is 9.88 Å². The molecule has 2 N–H and O–H groups in total. The molecule has 0 bridgehead atoms. The van der Waals surface area contributed by atoms with E-state index in [1.807, 2.05) is 12.1 Å². The Morgan fingerprint density at radius 2 is 1.81 bits per heavy atom. The third kappa shape index (κ3) is 2.93. The lowest BCUT2D eigenvalue weighted by Crippen LogP contribution is -2.11. The molecule has 0 fully saturated rings. The molecule has 0 saturated carbocycles. The van der Waals surface area contributed by atoms with Gasteiger partial charge in [-0.2, -0.15) is 0 Å². The van der Waals surface area contributed by atoms with Gasteiger partial charge in [-0.05, 0) is 35.9 Å². The standard InChI is InChI=1S/C18H20N2O/c1-2-19-11-15-13-20(18-6-4-3-5-17(15)18)12-14-7-9-16(21)10-8-14/h3-10,13,19,21H,2,11-12H2,1H3. The number of aromatic hydroxyl groups is 1. The van der Waals surface area contributed by atoms with E-state index >= 15 is 0 Å². The van der Waals surface area contributed by atoms with Crippen molar-refractivity contribution in [3.63, 3.8) is 0 Å². The van der Waals surface area contributed by atoms with Crippen LogP contribution in [-0.2, 0) is 13.1 Å². The molecular formula is C18H20N2O. The highest BCUT2D eigenvalue weighted by atomic mass is 16.3. The van der Waals surface area contributed by atoms with Crippen molar-refractivity contribution >= 4 is 10.9 Å². The van der Waals surface area contributed by atoms with E-state index in [1.54, 1.807) is 12.1 Å². The molecule has 3 nitrogen and oxygen atoms in total. The van der Waals surface area contributed by atoms with Crippen LogP contribution in [0.3, 0.4) is 0 Å². The molecule has 0 unspecified atom stereocenters. The third-order valence-electron chi connectivity index (χ3n) is 3.73. The first-order chi connectivity index (χ1) is 10.3. The Labute approximate surface area is 124 Å². The molecular weight excluding hydrogens is 260 g/mol. The summed E-state index contributed by atoms with van der Waals surface area (Å²) in [6, 6.07) is 15.9. The van der Waals surface area contributed by atoms with Gasteiger partial charge < -0.3 is 15.0 Å². The van der Waals surface area contributed by atoms with Crippen LogP contribution in [0.2, 0.25) is 0 Å². The molecule has 108 valence electrons. The minimum Gasteiger partial charge on any atom is -0.508 e. The van der Waals surface area contributed by atoms with Gasteiger partial charge in [0.15, 0.2) is 0 Å². The molecule has 3 heteroatoms. The second kappa shape index (κ2) is 6.02. The Kier molecular flexibility index (Phi) is 3.93. The Morgan fingerprint density at radius 1 is 1.05 bits per heavy atom. The summed E-state index contributed by atoms with van der Waals surface area (Å²) in [6.45, 7) is 4.79. The van der Waals surface area contributed by atoms with Crippen molar-refractivity contribution in [2.24, 2.45) is 0 Å². The number of phenolic OH excluding ortho intramolecular Hbond substituents is 1. The zero-order valence-corrected chi connectivity index (χ0v) is 12.2. The Hall–Kier alpha value is -2.26. The highest BCUT2D eigenvalue weighted by molar-refractivity contribution is 5.84. The minimum atomic E-state index is 0.309. The molecule has 0 amide bonds. The number of para-hydroxylation sites is 1. The second-order valence-corrected chi connectivity index (χ2v) is 5.25. The van der Waals surface area contributed by atoms with Crippen molar-refractivity contribution in [3.05, 3.63) is 65.9 Å². The van der Waals surface area contributed by atoms with E-state index in [0.29, 0.717) is 5.75 Å². The number of hydrogen-bond acceptors (Lipinski definition) is 2. The predicted octanol–water partition coefficient (Wildman–Crippen LogP) is 3.50. The molecule has 0 saturated heterocycles. The SMILES string of the molecule is CCNCc1cn(Cc2ccc(O)cc2)c2ccccc12. The molecule has 0 atom stereocenters. The van der Waals surface area contributed by atoms with E-state index in [0.717, 1.165) is 19.6 Å². The van der Waals surface area contributed by atoms with E-state index < -0.39 is 0 Å². The summed E-state index contributed by atoms with van der Waals surface area (Å²) in [6.07, 6.45) is 2.22. The number of benzene rings is 2. The van der Waals surface area contributed by atoms with Crippen LogP contribution < -0.4 is 5.32 Å². The monoisotopic (exact) mass is 280 g/mol. The van der Waals surface area contributed by atoms with E-state index in [-0.39, 0.29) is 0 Å². The van der Waals surface area contributed by atoms with Gasteiger partial charge in [-0.15, -0.1) is 0 Å². The molecule has 0 spiro atoms. The molecule has 0 radical (unpaired) electrons. The zero-order valence-electron chi connectivity index (χ0n) is 12.2. The quantitative estimate of drug-likeness (QED) is 0.750. The molecule has 0 aliphatic carbocycles. The van der Waals surface area contributed by atoms with Crippen LogP contribution in [-0.4, -0.2) is 16.2 Å². The van der Waals surface area contributed by atoms with E-state index in [2.05, 4.69) is 47.3 Å². The number of rotatable bonds is 5. The first-order valence-electron chi connectivity index (χ1n) is 7.33. The van der Waals surface area contributed by atoms with Gasteiger partial charge in [0.05, 0.1) is 0 Å². The topological polar surface area (TPSA) is 37.2 Å². The summed E-state index contributed by atoms with van der Waals surface area (Å²) in [4.78, 5) is 0. The molecule has 1 heterocycles. The first-order valence-corrected chi connectivity index (χ1v) is 7.33. The fourth-order valence-electron chi connectivity index (χ4n) is 2.65. The largest absolute Gasteiger partial charge is 0.508 e. The van der Waals surface area contributed by atoms with Crippen LogP contribution in [0.5, 0.6) is 5.75 Å². The van der Waals surface area contributed by atoms with Gasteiger partial charge >= 0.3 is 0 Å². The molecule has 3 aromatic rings. The van der Waals surface area contributed by atoms with Crippen molar-refractivity contribution in [2.75, 3.05) is 6.54 Å². The Morgan fingerprint density at radius 3 is 2.57 bits per heavy atom. The van der Waals surface area contributed by atoms with Gasteiger partial charge in [-0.1, -0.05) is 37.3 Å². The maximum Gasteiger partial charge on any atom is 0.115 e. The molecule has 0 aliphatic heterocycles. The van der Waals surface area contributed by atoms with Crippen molar-refractivity contribution in [2.45, 2.75) is 20.0 Å². The number of phenols is 1. The van der Waals surface area contributed by atoms with Crippen LogP contribution in [0.15, 0.2) is 54.7 Å². The van der Waals surface area contributed by atoms with Crippen molar-refractivity contribution in [3.8, 4) is 5.75 Å². The smallest absolute Gasteiger partial charge is 0.115 e. The highest BCUT2D eigenvalue weighted by Gasteiger charge is 2.08. The van der Waals surface area contributed by atoms with E-state index in [4.69, 9.17) is 0 Å². The summed E-state index contributed by atoms with van der Waals surface area (Å²) >= 11 is 0. The summed E-state index contributed by atoms with van der Waals surface area (Å²) < 4.78 is 2.27. The lowest BCUT2D eigenvalue weighted by Gasteiger charge is -2.05. The Bertz CT molecular complexity index is 729. The number of nitrogens with one attached hydrogen (secondary N) is 1. The van der Waals surface area contributed by atoms with Gasteiger partial charge in [0.1, 0.15) is 5.75 Å². The predicted molar refractivity (Wildman–Crippen MR) is 86.5 cm³/mol. The van der Waals surface area contributed by atoms with Crippen molar-refractivity contribution in [1.29, 1.82) is 0 Å². The Balaban J connectivity index is 1.96. The van der Waals surface area contributed by atoms with Crippen LogP contribution in [0.25, 0.3) is 10.9 Å². The summed E-state index contributed by atoms with van der Waals surface area (Å²) in [5, 5.41) is 14.1. The number of nitrogens with zero attached hydrogens (tertiary/aromatic N) is 1. The van der Waals surface area contributed by atoms with E-state index in [9.17, 15) is 5.11 Å². The number of fused-ring (bicyclic) bond motifs is 1. The molecule has 3 rings (SSSR count). The summed E-state index contributed by atoms with van der Waals surface area (Å²) in [5.74, 6) is 0.309. The summed E-state index contributed by atoms with van der Waals surface area (Å²) in [5.41, 5.74) is 3.76. The van der Waals surface area contributed by atoms with Gasteiger partial charge in [0.2, 0.25) is 0 Å². The van der Waals surface area contributed by atoms with Gasteiger partial charge in [-0.3, -0.25) is 0 Å². The molecule has 0 aliphatic rings. The van der Waals surface area contributed by atoms with Gasteiger partial charge in [0, 0.05) is 30.2 Å². The lowest BCUT2D eigenvalue weighted by molar-refractivity contribution is 0.475. The maximum absolute atomic E-state index is 9.38. The second-order valence-electron chi connectivity index (χ2n) is 5.25. The maximum atomic E-state index is 9.38. The fraction of sp³-hybridized carbons (Fsp3) is 0.222. The minimum absolute atomic E-state index is 0.309. The third-order valence-corrected chi connectivity index (χ3v) is 3.73. The van der Waals surface area contributed by atoms with Crippen molar-refractivity contribution < 1.29 is 5.11 Å². The average molecular weight is 280 g/mol. The molecule has 2 aromatic carbocycles. The molecule has 21 heavy (non-hydrogen) atoms. The van der Waals surface area contributed by atoms with Crippen LogP contribution >= 0.6 is 0 Å². The van der Waals surface area contributed by atoms with E-state index in [1.165, 1.54) is 22.0 Å². The van der Waals surface area contributed by atoms with Crippen LogP contribution in [0.1, 0.15) is 18.1 Å². The van der Waals surface area contributed by atoms with Crippen LogP contribution in [0.4, 0.5) is 0 Å². The highest BCUT2D eigenvalue weighted by Crippen LogP contribution is 2.22. The first kappa shape index (κ1) is 13.7. The van der Waals surface area contributed by atoms with Crippen LogP contribution in [0, 0.1) is 0 Å². The summed E-state index contributed by atoms with van der Waals surface area (Å²) in [7, 11) is 0. The average Bonchev–Trinajstić information content (AvgIpc) is 2.86. The normalized spacial score (nSPS) is 11.1. The zero-order chi connectivity index (χ0) is 14.7. The molecule has 1 aromatic heterocycles. The number of hydrogen-bond donors (Lipinski definition) is 2. The lowest BCUT2D eigenvalue weighted by atomic mass is 10.2. The fourth-order valence-corrected chi connectivity index (χ4v) is 2.65.